The molecule has 0 unspecified atom stereocenters. The number of amides is 1. The van der Waals surface area contributed by atoms with Crippen molar-refractivity contribution in [3.63, 3.8) is 0 Å². The van der Waals surface area contributed by atoms with E-state index in [-0.39, 0.29) is 23.6 Å². The highest BCUT2D eigenvalue weighted by atomic mass is 32.2. The van der Waals surface area contributed by atoms with Crippen LogP contribution in [-0.2, 0) is 9.59 Å². The lowest BCUT2D eigenvalue weighted by Crippen LogP contribution is -2.63. The Morgan fingerprint density at radius 3 is 2.44 bits per heavy atom. The average molecular weight is 396 g/mol. The molecule has 27 heavy (non-hydrogen) atoms. The van der Waals surface area contributed by atoms with Crippen LogP contribution in [0.3, 0.4) is 0 Å². The number of carbonyl (C=O) groups excluding carboxylic acids is 1. The van der Waals surface area contributed by atoms with Crippen LogP contribution in [0.15, 0.2) is 10.6 Å². The molecule has 4 atom stereocenters. The highest BCUT2D eigenvalue weighted by Gasteiger charge is 2.60. The molecule has 4 heterocycles. The molecular weight excluding hydrogens is 366 g/mol. The Morgan fingerprint density at radius 1 is 1.26 bits per heavy atom. The van der Waals surface area contributed by atoms with Crippen LogP contribution in [0.4, 0.5) is 0 Å². The third-order valence-electron chi connectivity index (χ3n) is 6.69. The number of hydrogen-bond acceptors (Lipinski definition) is 6. The minimum absolute atomic E-state index is 0.0317. The smallest absolute Gasteiger partial charge is 0.353 e. The number of aliphatic carboxylic acids is 1. The lowest BCUT2D eigenvalue weighted by Gasteiger charge is -2.47. The van der Waals surface area contributed by atoms with E-state index < -0.39 is 18.0 Å². The maximum absolute atomic E-state index is 12.4. The van der Waals surface area contributed by atoms with E-state index in [0.29, 0.717) is 11.3 Å². The molecule has 150 valence electrons. The van der Waals surface area contributed by atoms with E-state index in [2.05, 4.69) is 16.8 Å². The molecule has 8 heteroatoms. The molecular formula is C19H29N3O4S. The normalized spacial score (nSPS) is 34.4. The first-order valence-electron chi connectivity index (χ1n) is 9.87. The van der Waals surface area contributed by atoms with Gasteiger partial charge in [-0.2, -0.15) is 0 Å². The standard InChI is InChI=1S/C19H29N3O4S/c1-10-15-14(11(2)23)18(24)22(15)16(19(25)26)17(10)27-13-8-21(9-13)12-4-6-20(3)7-5-12/h10-15,23H,4-9H2,1-3H3,(H,25,26)/t10-,11-,14-,15-/m1/s1. The largest absolute Gasteiger partial charge is 0.477 e. The number of nitrogens with zero attached hydrogens (tertiary/aromatic N) is 3. The van der Waals surface area contributed by atoms with E-state index in [1.54, 1.807) is 18.7 Å². The van der Waals surface area contributed by atoms with Gasteiger partial charge in [0.25, 0.3) is 0 Å². The summed E-state index contributed by atoms with van der Waals surface area (Å²) < 4.78 is 0. The molecule has 4 rings (SSSR count). The average Bonchev–Trinajstić information content (AvgIpc) is 2.80. The summed E-state index contributed by atoms with van der Waals surface area (Å²) in [4.78, 5) is 31.4. The van der Waals surface area contributed by atoms with Crippen molar-refractivity contribution in [2.45, 2.75) is 50.1 Å². The second-order valence-electron chi connectivity index (χ2n) is 8.50. The topological polar surface area (TPSA) is 84.3 Å². The van der Waals surface area contributed by atoms with Gasteiger partial charge in [0.15, 0.2) is 0 Å². The van der Waals surface area contributed by atoms with Crippen molar-refractivity contribution in [1.29, 1.82) is 0 Å². The number of thioether (sulfide) groups is 1. The number of rotatable bonds is 5. The van der Waals surface area contributed by atoms with E-state index in [1.807, 2.05) is 6.92 Å². The fraction of sp³-hybridized carbons (Fsp3) is 0.789. The van der Waals surface area contributed by atoms with E-state index in [4.69, 9.17) is 0 Å². The lowest BCUT2D eigenvalue weighted by atomic mass is 9.79. The Hall–Kier alpha value is -1.09. The zero-order valence-corrected chi connectivity index (χ0v) is 17.0. The maximum Gasteiger partial charge on any atom is 0.353 e. The lowest BCUT2D eigenvalue weighted by molar-refractivity contribution is -0.163. The molecule has 3 fully saturated rings. The van der Waals surface area contributed by atoms with Gasteiger partial charge in [0.05, 0.1) is 18.1 Å². The fourth-order valence-electron chi connectivity index (χ4n) is 5.06. The van der Waals surface area contributed by atoms with Gasteiger partial charge in [0.1, 0.15) is 5.70 Å². The van der Waals surface area contributed by atoms with Gasteiger partial charge in [-0.1, -0.05) is 6.92 Å². The zero-order chi connectivity index (χ0) is 19.5. The first-order chi connectivity index (χ1) is 12.8. The van der Waals surface area contributed by atoms with Gasteiger partial charge in [0, 0.05) is 35.2 Å². The molecule has 0 spiro atoms. The van der Waals surface area contributed by atoms with Crippen molar-refractivity contribution in [1.82, 2.24) is 14.7 Å². The molecule has 2 N–H and O–H groups in total. The highest BCUT2D eigenvalue weighted by Crippen LogP contribution is 2.52. The van der Waals surface area contributed by atoms with E-state index in [1.165, 1.54) is 17.7 Å². The number of hydrogen-bond donors (Lipinski definition) is 2. The van der Waals surface area contributed by atoms with Gasteiger partial charge in [-0.25, -0.2) is 4.79 Å². The van der Waals surface area contributed by atoms with Gasteiger partial charge in [0.2, 0.25) is 5.91 Å². The number of β-lactam (4-membered cyclic amide) rings is 1. The van der Waals surface area contributed by atoms with Gasteiger partial charge >= 0.3 is 5.97 Å². The third-order valence-corrected chi connectivity index (χ3v) is 8.14. The van der Waals surface area contributed by atoms with Crippen LogP contribution in [0, 0.1) is 11.8 Å². The predicted molar refractivity (Wildman–Crippen MR) is 103 cm³/mol. The van der Waals surface area contributed by atoms with Crippen LogP contribution in [0.1, 0.15) is 26.7 Å². The fourth-order valence-corrected chi connectivity index (χ4v) is 6.60. The molecule has 0 saturated carbocycles. The summed E-state index contributed by atoms with van der Waals surface area (Å²) in [5.74, 6) is -1.80. The molecule has 0 aliphatic carbocycles. The summed E-state index contributed by atoms with van der Waals surface area (Å²) in [6, 6.07) is 0.435. The summed E-state index contributed by atoms with van der Waals surface area (Å²) in [5, 5.41) is 20.0. The molecule has 0 radical (unpaired) electrons. The number of aliphatic hydroxyl groups is 1. The predicted octanol–water partition coefficient (Wildman–Crippen LogP) is 0.652. The maximum atomic E-state index is 12.4. The Kier molecular flexibility index (Phi) is 5.03. The van der Waals surface area contributed by atoms with Crippen LogP contribution in [0.5, 0.6) is 0 Å². The summed E-state index contributed by atoms with van der Waals surface area (Å²) in [5.41, 5.74) is 0.150. The Balaban J connectivity index is 1.42. The molecule has 3 saturated heterocycles. The van der Waals surface area contributed by atoms with E-state index >= 15 is 0 Å². The summed E-state index contributed by atoms with van der Waals surface area (Å²) in [6.45, 7) is 7.86. The second kappa shape index (κ2) is 7.06. The molecule has 4 aliphatic heterocycles. The molecule has 1 amide bonds. The van der Waals surface area contributed by atoms with E-state index in [0.717, 1.165) is 31.1 Å². The van der Waals surface area contributed by atoms with Gasteiger partial charge in [-0.05, 0) is 39.9 Å². The van der Waals surface area contributed by atoms with Crippen LogP contribution in [0.25, 0.3) is 0 Å². The van der Waals surface area contributed by atoms with Crippen LogP contribution < -0.4 is 0 Å². The summed E-state index contributed by atoms with van der Waals surface area (Å²) in [7, 11) is 2.16. The Morgan fingerprint density at radius 2 is 1.89 bits per heavy atom. The van der Waals surface area contributed by atoms with E-state index in [9.17, 15) is 19.8 Å². The van der Waals surface area contributed by atoms with Gasteiger partial charge in [-0.15, -0.1) is 11.8 Å². The van der Waals surface area contributed by atoms with Crippen molar-refractivity contribution < 1.29 is 19.8 Å². The SMILES string of the molecule is C[C@@H](O)[C@H]1C(=O)N2C(C(=O)O)=C(SC3CN(C4CCN(C)CC4)C3)[C@H](C)[C@H]12. The summed E-state index contributed by atoms with van der Waals surface area (Å²) >= 11 is 1.64. The number of fused-ring (bicyclic) bond motifs is 1. The second-order valence-corrected chi connectivity index (χ2v) is 9.84. The monoisotopic (exact) mass is 395 g/mol. The molecule has 0 aromatic carbocycles. The first kappa shape index (κ1) is 19.2. The van der Waals surface area contributed by atoms with Crippen LogP contribution in [-0.4, -0.2) is 93.5 Å². The van der Waals surface area contributed by atoms with Gasteiger partial charge < -0.3 is 20.0 Å². The minimum atomic E-state index is -1.03. The van der Waals surface area contributed by atoms with Gasteiger partial charge in [-0.3, -0.25) is 9.69 Å². The zero-order valence-electron chi connectivity index (χ0n) is 16.2. The molecule has 0 aromatic heterocycles. The third kappa shape index (κ3) is 3.10. The van der Waals surface area contributed by atoms with Crippen molar-refractivity contribution in [3.8, 4) is 0 Å². The summed E-state index contributed by atoms with van der Waals surface area (Å²) in [6.07, 6.45) is 1.66. The number of likely N-dealkylation sites (tertiary alicyclic amines) is 2. The Labute approximate surface area is 164 Å². The number of carboxylic acids is 1. The first-order valence-corrected chi connectivity index (χ1v) is 10.8. The van der Waals surface area contributed by atoms with Crippen molar-refractivity contribution in [2.24, 2.45) is 11.8 Å². The van der Waals surface area contributed by atoms with Crippen LogP contribution >= 0.6 is 11.8 Å². The number of aliphatic hydroxyl groups excluding tert-OH is 1. The number of piperidine rings is 1. The minimum Gasteiger partial charge on any atom is -0.477 e. The quantitative estimate of drug-likeness (QED) is 0.661. The highest BCUT2D eigenvalue weighted by molar-refractivity contribution is 8.03. The van der Waals surface area contributed by atoms with Crippen molar-refractivity contribution in [2.75, 3.05) is 33.2 Å². The molecule has 0 aromatic rings. The molecule has 4 aliphatic rings. The van der Waals surface area contributed by atoms with Crippen LogP contribution in [0.2, 0.25) is 0 Å². The molecule has 7 nitrogen and oxygen atoms in total. The van der Waals surface area contributed by atoms with Crippen molar-refractivity contribution in [3.05, 3.63) is 10.6 Å². The number of carbonyl (C=O) groups is 2. The molecule has 0 bridgehead atoms. The number of carboxylic acid groups (broad SMARTS) is 1. The Bertz CT molecular complexity index is 668. The van der Waals surface area contributed by atoms with Crippen molar-refractivity contribution >= 4 is 23.6 Å².